The number of hydrogen-bond donors (Lipinski definition) is 1. The van der Waals surface area contributed by atoms with Crippen LogP contribution in [0.3, 0.4) is 0 Å². The normalized spacial score (nSPS) is 15.5. The molecule has 0 atom stereocenters. The third-order valence-corrected chi connectivity index (χ3v) is 3.22. The maximum absolute atomic E-state index is 12.9. The van der Waals surface area contributed by atoms with E-state index in [1.54, 1.807) is 11.8 Å². The number of carbonyl (C=O) groups is 2. The van der Waals surface area contributed by atoms with Crippen molar-refractivity contribution in [1.29, 1.82) is 0 Å². The van der Waals surface area contributed by atoms with Gasteiger partial charge in [0.05, 0.1) is 6.54 Å². The molecule has 0 aromatic heterocycles. The lowest BCUT2D eigenvalue weighted by Crippen LogP contribution is -2.40. The summed E-state index contributed by atoms with van der Waals surface area (Å²) in [6.07, 6.45) is 2.35. The second kappa shape index (κ2) is 5.82. The van der Waals surface area contributed by atoms with E-state index in [0.29, 0.717) is 24.2 Å². The van der Waals surface area contributed by atoms with Gasteiger partial charge in [0.1, 0.15) is 5.82 Å². The highest BCUT2D eigenvalue weighted by atomic mass is 19.1. The Morgan fingerprint density at radius 1 is 1.42 bits per heavy atom. The van der Waals surface area contributed by atoms with Crippen LogP contribution in [0.15, 0.2) is 18.2 Å². The van der Waals surface area contributed by atoms with Crippen LogP contribution in [0.4, 0.5) is 10.1 Å². The molecule has 0 spiro atoms. The number of rotatable bonds is 3. The minimum Gasteiger partial charge on any atom is -0.333 e. The first-order chi connectivity index (χ1) is 9.06. The van der Waals surface area contributed by atoms with E-state index in [1.165, 1.54) is 18.2 Å². The fraction of sp³-hybridized carbons (Fsp3) is 0.429. The van der Waals surface area contributed by atoms with Gasteiger partial charge in [0.25, 0.3) is 0 Å². The van der Waals surface area contributed by atoms with Gasteiger partial charge in [0.2, 0.25) is 11.8 Å². The molecular weight excluding hydrogens is 247 g/mol. The molecule has 1 fully saturated rings. The van der Waals surface area contributed by atoms with Gasteiger partial charge in [0, 0.05) is 18.7 Å². The van der Waals surface area contributed by atoms with Crippen LogP contribution in [0.1, 0.15) is 24.8 Å². The Hall–Kier alpha value is -1.91. The molecule has 4 nitrogen and oxygen atoms in total. The van der Waals surface area contributed by atoms with Crippen LogP contribution in [-0.2, 0) is 9.59 Å². The molecule has 1 aromatic carbocycles. The van der Waals surface area contributed by atoms with Crippen LogP contribution in [0.2, 0.25) is 0 Å². The summed E-state index contributed by atoms with van der Waals surface area (Å²) in [4.78, 5) is 25.0. The Morgan fingerprint density at radius 3 is 2.89 bits per heavy atom. The zero-order chi connectivity index (χ0) is 13.8. The van der Waals surface area contributed by atoms with Crippen molar-refractivity contribution in [2.75, 3.05) is 18.4 Å². The Balaban J connectivity index is 1.95. The van der Waals surface area contributed by atoms with Gasteiger partial charge in [-0.25, -0.2) is 4.39 Å². The number of hydrogen-bond acceptors (Lipinski definition) is 2. The number of likely N-dealkylation sites (tertiary alicyclic amines) is 1. The molecule has 0 unspecified atom stereocenters. The molecule has 1 N–H and O–H groups in total. The van der Waals surface area contributed by atoms with Gasteiger partial charge in [-0.3, -0.25) is 9.59 Å². The maximum Gasteiger partial charge on any atom is 0.244 e. The van der Waals surface area contributed by atoms with Crippen LogP contribution in [0, 0.1) is 12.7 Å². The van der Waals surface area contributed by atoms with Crippen molar-refractivity contribution in [3.05, 3.63) is 29.6 Å². The molecule has 1 aliphatic rings. The molecule has 1 aliphatic heterocycles. The van der Waals surface area contributed by atoms with Crippen molar-refractivity contribution in [3.8, 4) is 0 Å². The average molecular weight is 264 g/mol. The van der Waals surface area contributed by atoms with Crippen LogP contribution < -0.4 is 5.32 Å². The number of amides is 2. The predicted octanol–water partition coefficient (Wildman–Crippen LogP) is 2.09. The van der Waals surface area contributed by atoms with Crippen LogP contribution >= 0.6 is 0 Å². The Labute approximate surface area is 111 Å². The summed E-state index contributed by atoms with van der Waals surface area (Å²) in [5.74, 6) is -0.552. The van der Waals surface area contributed by atoms with E-state index in [4.69, 9.17) is 0 Å². The Bertz CT molecular complexity index is 502. The van der Waals surface area contributed by atoms with E-state index in [0.717, 1.165) is 12.8 Å². The number of aryl methyl sites for hydroxylation is 1. The maximum atomic E-state index is 12.9. The molecule has 5 heteroatoms. The largest absolute Gasteiger partial charge is 0.333 e. The first-order valence-electron chi connectivity index (χ1n) is 6.40. The third kappa shape index (κ3) is 3.53. The molecule has 2 rings (SSSR count). The lowest BCUT2D eigenvalue weighted by molar-refractivity contribution is -0.136. The summed E-state index contributed by atoms with van der Waals surface area (Å²) in [5, 5.41) is 2.71. The molecule has 0 bridgehead atoms. The highest BCUT2D eigenvalue weighted by Crippen LogP contribution is 2.16. The van der Waals surface area contributed by atoms with E-state index in [2.05, 4.69) is 5.32 Å². The topological polar surface area (TPSA) is 49.4 Å². The zero-order valence-electron chi connectivity index (χ0n) is 10.9. The molecule has 0 saturated carbocycles. The fourth-order valence-electron chi connectivity index (χ4n) is 2.16. The summed E-state index contributed by atoms with van der Waals surface area (Å²) in [6.45, 7) is 2.43. The van der Waals surface area contributed by atoms with Gasteiger partial charge in [0.15, 0.2) is 0 Å². The van der Waals surface area contributed by atoms with E-state index < -0.39 is 0 Å². The Morgan fingerprint density at radius 2 is 2.21 bits per heavy atom. The molecule has 0 aliphatic carbocycles. The molecule has 1 aromatic rings. The predicted molar refractivity (Wildman–Crippen MR) is 70.2 cm³/mol. The van der Waals surface area contributed by atoms with Crippen molar-refractivity contribution in [3.63, 3.8) is 0 Å². The Kier molecular flexibility index (Phi) is 4.14. The van der Waals surface area contributed by atoms with Crippen LogP contribution in [-0.4, -0.2) is 29.8 Å². The standard InChI is InChI=1S/C14H17FN2O2/c1-10-8-11(15)5-6-12(10)16-13(18)9-17-7-3-2-4-14(17)19/h5-6,8H,2-4,7,9H2,1H3,(H,16,18). The lowest BCUT2D eigenvalue weighted by atomic mass is 10.1. The first kappa shape index (κ1) is 13.5. The van der Waals surface area contributed by atoms with Gasteiger partial charge < -0.3 is 10.2 Å². The molecule has 19 heavy (non-hydrogen) atoms. The number of anilines is 1. The number of halogens is 1. The van der Waals surface area contributed by atoms with Gasteiger partial charge in [-0.1, -0.05) is 0 Å². The molecular formula is C14H17FN2O2. The van der Waals surface area contributed by atoms with Gasteiger partial charge >= 0.3 is 0 Å². The van der Waals surface area contributed by atoms with E-state index >= 15 is 0 Å². The molecule has 1 heterocycles. The molecule has 1 saturated heterocycles. The number of benzene rings is 1. The summed E-state index contributed by atoms with van der Waals surface area (Å²) in [7, 11) is 0. The second-order valence-electron chi connectivity index (χ2n) is 4.78. The lowest BCUT2D eigenvalue weighted by Gasteiger charge is -2.26. The third-order valence-electron chi connectivity index (χ3n) is 3.22. The van der Waals surface area contributed by atoms with Crippen molar-refractivity contribution in [1.82, 2.24) is 4.90 Å². The average Bonchev–Trinajstić information content (AvgIpc) is 2.36. The number of nitrogens with zero attached hydrogens (tertiary/aromatic N) is 1. The summed E-state index contributed by atoms with van der Waals surface area (Å²) in [5.41, 5.74) is 1.24. The summed E-state index contributed by atoms with van der Waals surface area (Å²) in [6, 6.07) is 4.19. The summed E-state index contributed by atoms with van der Waals surface area (Å²) >= 11 is 0. The van der Waals surface area contributed by atoms with Gasteiger partial charge in [-0.2, -0.15) is 0 Å². The van der Waals surface area contributed by atoms with Crippen molar-refractivity contribution in [2.24, 2.45) is 0 Å². The minimum atomic E-state index is -0.332. The number of piperidine rings is 1. The van der Waals surface area contributed by atoms with Crippen LogP contribution in [0.25, 0.3) is 0 Å². The van der Waals surface area contributed by atoms with Gasteiger partial charge in [-0.15, -0.1) is 0 Å². The van der Waals surface area contributed by atoms with Gasteiger partial charge in [-0.05, 0) is 43.5 Å². The smallest absolute Gasteiger partial charge is 0.244 e. The fourth-order valence-corrected chi connectivity index (χ4v) is 2.16. The molecule has 102 valence electrons. The van der Waals surface area contributed by atoms with Crippen LogP contribution in [0.5, 0.6) is 0 Å². The van der Waals surface area contributed by atoms with Crippen molar-refractivity contribution >= 4 is 17.5 Å². The van der Waals surface area contributed by atoms with E-state index in [1.807, 2.05) is 0 Å². The van der Waals surface area contributed by atoms with E-state index in [-0.39, 0.29) is 24.2 Å². The first-order valence-corrected chi connectivity index (χ1v) is 6.40. The highest BCUT2D eigenvalue weighted by Gasteiger charge is 2.20. The monoisotopic (exact) mass is 264 g/mol. The zero-order valence-corrected chi connectivity index (χ0v) is 10.9. The van der Waals surface area contributed by atoms with Crippen molar-refractivity contribution < 1.29 is 14.0 Å². The second-order valence-corrected chi connectivity index (χ2v) is 4.78. The number of nitrogens with one attached hydrogen (secondary N) is 1. The minimum absolute atomic E-state index is 0.0252. The SMILES string of the molecule is Cc1cc(F)ccc1NC(=O)CN1CCCCC1=O. The summed E-state index contributed by atoms with van der Waals surface area (Å²) < 4.78 is 12.9. The van der Waals surface area contributed by atoms with Crippen molar-refractivity contribution in [2.45, 2.75) is 26.2 Å². The molecule has 2 amide bonds. The highest BCUT2D eigenvalue weighted by molar-refractivity contribution is 5.95. The van der Waals surface area contributed by atoms with E-state index in [9.17, 15) is 14.0 Å². The molecule has 0 radical (unpaired) electrons. The quantitative estimate of drug-likeness (QED) is 0.908. The number of carbonyl (C=O) groups excluding carboxylic acids is 2.